The van der Waals surface area contributed by atoms with Crippen molar-refractivity contribution in [2.75, 3.05) is 5.75 Å². The van der Waals surface area contributed by atoms with E-state index in [9.17, 15) is 4.79 Å². The number of carbonyl (C=O) groups is 1. The molecular weight excluding hydrogens is 284 g/mol. The number of nitrogens with zero attached hydrogens (tertiary/aromatic N) is 1. The van der Waals surface area contributed by atoms with E-state index in [0.29, 0.717) is 12.3 Å². The molecule has 108 valence electrons. The summed E-state index contributed by atoms with van der Waals surface area (Å²) in [5.74, 6) is 1.16. The second-order valence-electron chi connectivity index (χ2n) is 4.77. The van der Waals surface area contributed by atoms with Gasteiger partial charge in [0.15, 0.2) is 0 Å². The highest BCUT2D eigenvalue weighted by Crippen LogP contribution is 2.29. The lowest BCUT2D eigenvalue weighted by Gasteiger charge is -2.02. The number of hydrogen-bond donors (Lipinski definition) is 1. The number of thioether (sulfide) groups is 1. The lowest BCUT2D eigenvalue weighted by Crippen LogP contribution is -2.24. The van der Waals surface area contributed by atoms with Crippen LogP contribution in [0.5, 0.6) is 0 Å². The fourth-order valence-electron chi connectivity index (χ4n) is 2.21. The van der Waals surface area contributed by atoms with Gasteiger partial charge in [-0.1, -0.05) is 18.2 Å². The number of benzene rings is 1. The molecule has 1 aromatic carbocycles. The predicted molar refractivity (Wildman–Crippen MR) is 84.2 cm³/mol. The minimum atomic E-state index is 0.00401. The molecule has 4 nitrogen and oxygen atoms in total. The van der Waals surface area contributed by atoms with Crippen LogP contribution in [-0.4, -0.2) is 16.2 Å². The molecule has 0 fully saturated rings. The maximum Gasteiger partial charge on any atom is 0.230 e. The van der Waals surface area contributed by atoms with Crippen molar-refractivity contribution >= 4 is 28.6 Å². The van der Waals surface area contributed by atoms with E-state index in [1.807, 2.05) is 31.3 Å². The fourth-order valence-corrected chi connectivity index (χ4v) is 3.16. The molecule has 0 atom stereocenters. The van der Waals surface area contributed by atoms with Crippen LogP contribution in [0, 0.1) is 0 Å². The minimum Gasteiger partial charge on any atom is -0.467 e. The first-order chi connectivity index (χ1) is 10.2. The second kappa shape index (κ2) is 6.10. The largest absolute Gasteiger partial charge is 0.467 e. The normalized spacial score (nSPS) is 10.9. The summed E-state index contributed by atoms with van der Waals surface area (Å²) in [6, 6.07) is 11.9. The first kappa shape index (κ1) is 13.8. The molecule has 3 rings (SSSR count). The van der Waals surface area contributed by atoms with Gasteiger partial charge in [-0.3, -0.25) is 4.79 Å². The third kappa shape index (κ3) is 3.13. The molecule has 2 heterocycles. The van der Waals surface area contributed by atoms with Crippen molar-refractivity contribution in [1.29, 1.82) is 0 Å². The summed E-state index contributed by atoms with van der Waals surface area (Å²) in [5, 5.41) is 4.03. The zero-order valence-corrected chi connectivity index (χ0v) is 12.5. The quantitative estimate of drug-likeness (QED) is 0.736. The zero-order valence-electron chi connectivity index (χ0n) is 11.7. The zero-order chi connectivity index (χ0) is 14.7. The van der Waals surface area contributed by atoms with Gasteiger partial charge >= 0.3 is 0 Å². The molecule has 0 aliphatic heterocycles. The average molecular weight is 300 g/mol. The minimum absolute atomic E-state index is 0.00401. The molecule has 1 amide bonds. The fraction of sp³-hybridized carbons (Fsp3) is 0.188. The summed E-state index contributed by atoms with van der Waals surface area (Å²) in [6.07, 6.45) is 3.67. The second-order valence-corrected chi connectivity index (χ2v) is 5.78. The Hall–Kier alpha value is -2.14. The van der Waals surface area contributed by atoms with Crippen LogP contribution in [-0.2, 0) is 18.4 Å². The van der Waals surface area contributed by atoms with Gasteiger partial charge in [0, 0.05) is 29.0 Å². The van der Waals surface area contributed by atoms with Gasteiger partial charge in [0.1, 0.15) is 5.76 Å². The Labute approximate surface area is 127 Å². The Morgan fingerprint density at radius 1 is 1.29 bits per heavy atom. The Balaban J connectivity index is 1.60. The molecule has 21 heavy (non-hydrogen) atoms. The van der Waals surface area contributed by atoms with E-state index in [4.69, 9.17) is 4.42 Å². The highest BCUT2D eigenvalue weighted by molar-refractivity contribution is 8.00. The molecule has 2 aromatic heterocycles. The monoisotopic (exact) mass is 300 g/mol. The summed E-state index contributed by atoms with van der Waals surface area (Å²) in [7, 11) is 2.02. The van der Waals surface area contributed by atoms with Gasteiger partial charge < -0.3 is 14.3 Å². The SMILES string of the molecule is Cn1cc(SCC(=O)NCc2ccco2)c2ccccc21. The molecule has 0 saturated carbocycles. The summed E-state index contributed by atoms with van der Waals surface area (Å²) >= 11 is 1.55. The highest BCUT2D eigenvalue weighted by Gasteiger charge is 2.09. The van der Waals surface area contributed by atoms with E-state index in [-0.39, 0.29) is 5.91 Å². The number of carbonyl (C=O) groups excluding carboxylic acids is 1. The number of aromatic nitrogens is 1. The molecule has 3 aromatic rings. The van der Waals surface area contributed by atoms with E-state index in [0.717, 1.165) is 10.7 Å². The third-order valence-electron chi connectivity index (χ3n) is 3.26. The molecule has 0 bridgehead atoms. The summed E-state index contributed by atoms with van der Waals surface area (Å²) in [4.78, 5) is 13.0. The molecule has 0 aliphatic carbocycles. The maximum absolute atomic E-state index is 11.9. The van der Waals surface area contributed by atoms with Gasteiger partial charge in [0.05, 0.1) is 18.6 Å². The van der Waals surface area contributed by atoms with Crippen LogP contribution in [0.2, 0.25) is 0 Å². The molecule has 1 N–H and O–H groups in total. The molecular formula is C16H16N2O2S. The van der Waals surface area contributed by atoms with E-state index >= 15 is 0 Å². The van der Waals surface area contributed by atoms with E-state index in [1.165, 1.54) is 10.9 Å². The highest BCUT2D eigenvalue weighted by atomic mass is 32.2. The topological polar surface area (TPSA) is 47.2 Å². The van der Waals surface area contributed by atoms with Gasteiger partial charge in [0.2, 0.25) is 5.91 Å². The van der Waals surface area contributed by atoms with Gasteiger partial charge in [-0.2, -0.15) is 0 Å². The number of rotatable bonds is 5. The third-order valence-corrected chi connectivity index (χ3v) is 4.30. The van der Waals surface area contributed by atoms with Crippen molar-refractivity contribution in [2.45, 2.75) is 11.4 Å². The van der Waals surface area contributed by atoms with Gasteiger partial charge in [0.25, 0.3) is 0 Å². The lowest BCUT2D eigenvalue weighted by molar-refractivity contribution is -0.118. The molecule has 5 heteroatoms. The number of fused-ring (bicyclic) bond motifs is 1. The number of hydrogen-bond acceptors (Lipinski definition) is 3. The van der Waals surface area contributed by atoms with Crippen LogP contribution >= 0.6 is 11.8 Å². The number of amides is 1. The number of aryl methyl sites for hydroxylation is 1. The Morgan fingerprint density at radius 3 is 2.95 bits per heavy atom. The standard InChI is InChI=1S/C16H16N2O2S/c1-18-10-15(13-6-2-3-7-14(13)18)21-11-16(19)17-9-12-5-4-8-20-12/h2-8,10H,9,11H2,1H3,(H,17,19). The van der Waals surface area contributed by atoms with Crippen LogP contribution in [0.3, 0.4) is 0 Å². The molecule has 0 unspecified atom stereocenters. The van der Waals surface area contributed by atoms with Crippen molar-refractivity contribution in [3.63, 3.8) is 0 Å². The summed E-state index contributed by atoms with van der Waals surface area (Å²) in [6.45, 7) is 0.432. The van der Waals surface area contributed by atoms with Crippen LogP contribution in [0.15, 0.2) is 58.2 Å². The summed E-state index contributed by atoms with van der Waals surface area (Å²) < 4.78 is 7.26. The van der Waals surface area contributed by atoms with Crippen LogP contribution in [0.4, 0.5) is 0 Å². The lowest BCUT2D eigenvalue weighted by atomic mass is 10.2. The Morgan fingerprint density at radius 2 is 2.14 bits per heavy atom. The van der Waals surface area contributed by atoms with E-state index in [1.54, 1.807) is 18.0 Å². The number of para-hydroxylation sites is 1. The van der Waals surface area contributed by atoms with Crippen LogP contribution < -0.4 is 5.32 Å². The van der Waals surface area contributed by atoms with Crippen LogP contribution in [0.1, 0.15) is 5.76 Å². The van der Waals surface area contributed by atoms with Crippen molar-refractivity contribution < 1.29 is 9.21 Å². The Bertz CT molecular complexity index is 747. The molecule has 0 saturated heterocycles. The molecule has 0 radical (unpaired) electrons. The van der Waals surface area contributed by atoms with Crippen LogP contribution in [0.25, 0.3) is 10.9 Å². The van der Waals surface area contributed by atoms with Gasteiger partial charge in [-0.25, -0.2) is 0 Å². The number of nitrogens with one attached hydrogen (secondary N) is 1. The van der Waals surface area contributed by atoms with Gasteiger partial charge in [-0.15, -0.1) is 11.8 Å². The predicted octanol–water partition coefficient (Wildman–Crippen LogP) is 3.18. The maximum atomic E-state index is 11.9. The van der Waals surface area contributed by atoms with E-state index < -0.39 is 0 Å². The molecule has 0 spiro atoms. The van der Waals surface area contributed by atoms with Crippen molar-refractivity contribution in [2.24, 2.45) is 7.05 Å². The number of furan rings is 1. The Kier molecular flexibility index (Phi) is 4.01. The first-order valence-corrected chi connectivity index (χ1v) is 7.68. The summed E-state index contributed by atoms with van der Waals surface area (Å²) in [5.41, 5.74) is 1.18. The molecule has 0 aliphatic rings. The van der Waals surface area contributed by atoms with E-state index in [2.05, 4.69) is 28.2 Å². The smallest absolute Gasteiger partial charge is 0.230 e. The first-order valence-electron chi connectivity index (χ1n) is 6.70. The van der Waals surface area contributed by atoms with Gasteiger partial charge in [-0.05, 0) is 18.2 Å². The van der Waals surface area contributed by atoms with Crippen molar-refractivity contribution in [3.8, 4) is 0 Å². The average Bonchev–Trinajstić information content (AvgIpc) is 3.12. The van der Waals surface area contributed by atoms with Crippen molar-refractivity contribution in [1.82, 2.24) is 9.88 Å². The van der Waals surface area contributed by atoms with Crippen molar-refractivity contribution in [3.05, 3.63) is 54.6 Å².